The SMILES string of the molecule is Cc1cc(=O)[nH]c(C(C)N2CCOc3c(F)cccc3C2)n1. The number of H-pyrrole nitrogens is 1. The first-order valence-corrected chi connectivity index (χ1v) is 7.26. The summed E-state index contributed by atoms with van der Waals surface area (Å²) in [6.07, 6.45) is 0. The Kier molecular flexibility index (Phi) is 3.94. The zero-order valence-electron chi connectivity index (χ0n) is 12.6. The highest BCUT2D eigenvalue weighted by Gasteiger charge is 2.24. The van der Waals surface area contributed by atoms with E-state index < -0.39 is 0 Å². The summed E-state index contributed by atoms with van der Waals surface area (Å²) in [5, 5.41) is 0. The van der Waals surface area contributed by atoms with Crippen molar-refractivity contribution in [2.24, 2.45) is 0 Å². The minimum absolute atomic E-state index is 0.0922. The molecule has 0 bridgehead atoms. The third kappa shape index (κ3) is 2.87. The molecule has 0 spiro atoms. The van der Waals surface area contributed by atoms with Gasteiger partial charge < -0.3 is 9.72 Å². The van der Waals surface area contributed by atoms with E-state index >= 15 is 0 Å². The molecule has 116 valence electrons. The van der Waals surface area contributed by atoms with Gasteiger partial charge in [-0.15, -0.1) is 0 Å². The van der Waals surface area contributed by atoms with Gasteiger partial charge in [0.2, 0.25) is 0 Å². The number of rotatable bonds is 2. The van der Waals surface area contributed by atoms with Crippen LogP contribution in [0.5, 0.6) is 5.75 Å². The number of halogens is 1. The van der Waals surface area contributed by atoms with Crippen molar-refractivity contribution >= 4 is 0 Å². The predicted octanol–water partition coefficient (Wildman–Crippen LogP) is 2.17. The molecule has 6 heteroatoms. The number of fused-ring (bicyclic) bond motifs is 1. The molecule has 1 aromatic heterocycles. The number of ether oxygens (including phenoxy) is 1. The van der Waals surface area contributed by atoms with Gasteiger partial charge in [0.25, 0.3) is 5.56 Å². The Morgan fingerprint density at radius 1 is 1.45 bits per heavy atom. The van der Waals surface area contributed by atoms with E-state index in [0.717, 1.165) is 5.56 Å². The number of nitrogens with zero attached hydrogens (tertiary/aromatic N) is 2. The van der Waals surface area contributed by atoms with Gasteiger partial charge in [-0.25, -0.2) is 9.37 Å². The largest absolute Gasteiger partial charge is 0.489 e. The highest BCUT2D eigenvalue weighted by molar-refractivity contribution is 5.35. The lowest BCUT2D eigenvalue weighted by atomic mass is 10.1. The number of aromatic nitrogens is 2. The normalized spacial score (nSPS) is 16.5. The van der Waals surface area contributed by atoms with E-state index in [-0.39, 0.29) is 17.4 Å². The molecule has 0 radical (unpaired) electrons. The summed E-state index contributed by atoms with van der Waals surface area (Å²) in [6.45, 7) is 5.34. The molecule has 1 aliphatic heterocycles. The van der Waals surface area contributed by atoms with E-state index in [1.165, 1.54) is 12.1 Å². The second kappa shape index (κ2) is 5.88. The topological polar surface area (TPSA) is 58.2 Å². The van der Waals surface area contributed by atoms with Crippen molar-refractivity contribution in [2.75, 3.05) is 13.2 Å². The van der Waals surface area contributed by atoms with Crippen LogP contribution in [0.3, 0.4) is 0 Å². The van der Waals surface area contributed by atoms with Gasteiger partial charge in [-0.05, 0) is 19.9 Å². The van der Waals surface area contributed by atoms with Crippen LogP contribution in [0.25, 0.3) is 0 Å². The first kappa shape index (κ1) is 14.7. The first-order valence-electron chi connectivity index (χ1n) is 7.26. The Balaban J connectivity index is 1.90. The molecule has 2 aromatic rings. The van der Waals surface area contributed by atoms with Crippen LogP contribution >= 0.6 is 0 Å². The van der Waals surface area contributed by atoms with Gasteiger partial charge in [0.1, 0.15) is 12.4 Å². The van der Waals surface area contributed by atoms with Crippen LogP contribution < -0.4 is 10.3 Å². The first-order chi connectivity index (χ1) is 10.5. The molecule has 0 saturated heterocycles. The Morgan fingerprint density at radius 3 is 3.05 bits per heavy atom. The van der Waals surface area contributed by atoms with E-state index in [4.69, 9.17) is 4.74 Å². The Labute approximate surface area is 127 Å². The Morgan fingerprint density at radius 2 is 2.27 bits per heavy atom. The lowest BCUT2D eigenvalue weighted by Crippen LogP contribution is -2.31. The van der Waals surface area contributed by atoms with Crippen LogP contribution in [0.1, 0.15) is 30.0 Å². The number of nitrogens with one attached hydrogen (secondary N) is 1. The molecule has 1 N–H and O–H groups in total. The van der Waals surface area contributed by atoms with Crippen molar-refractivity contribution in [1.29, 1.82) is 0 Å². The fraction of sp³-hybridized carbons (Fsp3) is 0.375. The second-order valence-electron chi connectivity index (χ2n) is 5.50. The number of aryl methyl sites for hydroxylation is 1. The molecular weight excluding hydrogens is 285 g/mol. The molecule has 0 fully saturated rings. The van der Waals surface area contributed by atoms with Gasteiger partial charge in [-0.3, -0.25) is 9.69 Å². The predicted molar refractivity (Wildman–Crippen MR) is 80.3 cm³/mol. The standard InChI is InChI=1S/C16H18FN3O2/c1-10-8-14(21)19-16(18-10)11(2)20-6-7-22-15-12(9-20)4-3-5-13(15)17/h3-5,8,11H,6-7,9H2,1-2H3,(H,18,19,21). The molecule has 1 unspecified atom stereocenters. The minimum Gasteiger partial charge on any atom is -0.489 e. The zero-order valence-corrected chi connectivity index (χ0v) is 12.6. The van der Waals surface area contributed by atoms with Crippen LogP contribution in [0.4, 0.5) is 4.39 Å². The van der Waals surface area contributed by atoms with Crippen molar-refractivity contribution in [1.82, 2.24) is 14.9 Å². The highest BCUT2D eigenvalue weighted by atomic mass is 19.1. The van der Waals surface area contributed by atoms with Crippen molar-refractivity contribution in [3.63, 3.8) is 0 Å². The maximum Gasteiger partial charge on any atom is 0.251 e. The van der Waals surface area contributed by atoms with Crippen LogP contribution in [0, 0.1) is 12.7 Å². The van der Waals surface area contributed by atoms with Crippen molar-refractivity contribution in [2.45, 2.75) is 26.4 Å². The minimum atomic E-state index is -0.339. The quantitative estimate of drug-likeness (QED) is 0.924. The summed E-state index contributed by atoms with van der Waals surface area (Å²) in [4.78, 5) is 20.9. The average Bonchev–Trinajstić information content (AvgIpc) is 2.69. The molecule has 22 heavy (non-hydrogen) atoms. The molecule has 0 amide bonds. The van der Waals surface area contributed by atoms with Gasteiger partial charge in [0.05, 0.1) is 6.04 Å². The lowest BCUT2D eigenvalue weighted by molar-refractivity contribution is 0.172. The maximum atomic E-state index is 13.8. The molecular formula is C16H18FN3O2. The third-order valence-corrected chi connectivity index (χ3v) is 3.88. The van der Waals surface area contributed by atoms with Crippen molar-refractivity contribution < 1.29 is 9.13 Å². The summed E-state index contributed by atoms with van der Waals surface area (Å²) in [6, 6.07) is 6.31. The molecule has 3 rings (SSSR count). The monoisotopic (exact) mass is 303 g/mol. The average molecular weight is 303 g/mol. The van der Waals surface area contributed by atoms with Crippen molar-refractivity contribution in [3.8, 4) is 5.75 Å². The van der Waals surface area contributed by atoms with Crippen LogP contribution in [-0.2, 0) is 6.54 Å². The Bertz CT molecular complexity index is 744. The number of hydrogen-bond donors (Lipinski definition) is 1. The Hall–Kier alpha value is -2.21. The van der Waals surface area contributed by atoms with Crippen LogP contribution in [0.2, 0.25) is 0 Å². The number of para-hydroxylation sites is 1. The molecule has 2 heterocycles. The summed E-state index contributed by atoms with van der Waals surface area (Å²) >= 11 is 0. The van der Waals surface area contributed by atoms with E-state index in [1.54, 1.807) is 13.0 Å². The van der Waals surface area contributed by atoms with Crippen molar-refractivity contribution in [3.05, 3.63) is 57.5 Å². The van der Waals surface area contributed by atoms with Gasteiger partial charge in [-0.1, -0.05) is 12.1 Å². The molecule has 1 aliphatic rings. The molecule has 0 saturated carbocycles. The summed E-state index contributed by atoms with van der Waals surface area (Å²) in [7, 11) is 0. The van der Waals surface area contributed by atoms with Gasteiger partial charge in [0.15, 0.2) is 11.6 Å². The van der Waals surface area contributed by atoms with E-state index in [1.807, 2.05) is 13.0 Å². The molecule has 1 aromatic carbocycles. The third-order valence-electron chi connectivity index (χ3n) is 3.88. The van der Waals surface area contributed by atoms with Crippen LogP contribution in [0.15, 0.2) is 29.1 Å². The van der Waals surface area contributed by atoms with Gasteiger partial charge in [-0.2, -0.15) is 0 Å². The number of hydrogen-bond acceptors (Lipinski definition) is 4. The van der Waals surface area contributed by atoms with E-state index in [9.17, 15) is 9.18 Å². The van der Waals surface area contributed by atoms with E-state index in [2.05, 4.69) is 14.9 Å². The fourth-order valence-corrected chi connectivity index (χ4v) is 2.71. The number of aromatic amines is 1. The summed E-state index contributed by atoms with van der Waals surface area (Å²) in [5.41, 5.74) is 1.33. The second-order valence-corrected chi connectivity index (χ2v) is 5.50. The summed E-state index contributed by atoms with van der Waals surface area (Å²) in [5.74, 6) is 0.599. The fourth-order valence-electron chi connectivity index (χ4n) is 2.71. The number of benzene rings is 1. The highest BCUT2D eigenvalue weighted by Crippen LogP contribution is 2.29. The molecule has 0 aliphatic carbocycles. The van der Waals surface area contributed by atoms with Gasteiger partial charge >= 0.3 is 0 Å². The van der Waals surface area contributed by atoms with Gasteiger partial charge in [0, 0.05) is 30.4 Å². The smallest absolute Gasteiger partial charge is 0.251 e. The van der Waals surface area contributed by atoms with Crippen LogP contribution in [-0.4, -0.2) is 28.0 Å². The van der Waals surface area contributed by atoms with E-state index in [0.29, 0.717) is 37.0 Å². The summed E-state index contributed by atoms with van der Waals surface area (Å²) < 4.78 is 19.3. The molecule has 1 atom stereocenters. The lowest BCUT2D eigenvalue weighted by Gasteiger charge is -2.26. The maximum absolute atomic E-state index is 13.8. The zero-order chi connectivity index (χ0) is 15.7. The molecule has 5 nitrogen and oxygen atoms in total.